The van der Waals surface area contributed by atoms with Crippen LogP contribution < -0.4 is 4.74 Å². The van der Waals surface area contributed by atoms with Crippen molar-refractivity contribution in [2.45, 2.75) is 38.5 Å². The monoisotopic (exact) mass is 328 g/mol. The summed E-state index contributed by atoms with van der Waals surface area (Å²) >= 11 is 0. The molecule has 2 aromatic rings. The van der Waals surface area contributed by atoms with Crippen LogP contribution in [0.3, 0.4) is 0 Å². The highest BCUT2D eigenvalue weighted by Gasteiger charge is 2.06. The maximum Gasteiger partial charge on any atom is 0.160 e. The highest BCUT2D eigenvalue weighted by Crippen LogP contribution is 2.26. The molecule has 0 radical (unpaired) electrons. The van der Waals surface area contributed by atoms with E-state index in [1.165, 1.54) is 7.11 Å². The van der Waals surface area contributed by atoms with Gasteiger partial charge >= 0.3 is 0 Å². The average Bonchev–Trinajstić information content (AvgIpc) is 2.57. The molecule has 0 aliphatic heterocycles. The summed E-state index contributed by atoms with van der Waals surface area (Å²) in [7, 11) is 1.51. The Morgan fingerprint density at radius 3 is 2.46 bits per heavy atom. The number of ketones is 1. The van der Waals surface area contributed by atoms with Crippen LogP contribution in [0, 0.1) is 0 Å². The minimum atomic E-state index is 0.105. The van der Waals surface area contributed by atoms with Crippen LogP contribution in [-0.4, -0.2) is 23.1 Å². The molecular weight excluding hydrogens is 304 g/mol. The van der Waals surface area contributed by atoms with Gasteiger partial charge in [0.1, 0.15) is 11.5 Å². The lowest BCUT2D eigenvalue weighted by atomic mass is 10.0. The quantitative estimate of drug-likeness (QED) is 0.682. The molecule has 0 saturated carbocycles. The molecule has 128 valence electrons. The molecular formula is C20H24O4. The third-order valence-corrected chi connectivity index (χ3v) is 4.02. The molecule has 0 saturated heterocycles. The van der Waals surface area contributed by atoms with Crippen LogP contribution in [0.25, 0.3) is 0 Å². The largest absolute Gasteiger partial charge is 0.508 e. The van der Waals surface area contributed by atoms with E-state index in [1.54, 1.807) is 24.3 Å². The number of rotatable bonds is 9. The van der Waals surface area contributed by atoms with E-state index >= 15 is 0 Å². The lowest BCUT2D eigenvalue weighted by molar-refractivity contribution is -0.119. The van der Waals surface area contributed by atoms with Crippen molar-refractivity contribution in [2.24, 2.45) is 0 Å². The van der Waals surface area contributed by atoms with Crippen LogP contribution in [0.5, 0.6) is 17.2 Å². The van der Waals surface area contributed by atoms with Crippen molar-refractivity contribution in [1.29, 1.82) is 0 Å². The van der Waals surface area contributed by atoms with Crippen LogP contribution in [-0.2, 0) is 17.6 Å². The summed E-state index contributed by atoms with van der Waals surface area (Å²) in [6.07, 6.45) is 4.33. The van der Waals surface area contributed by atoms with Gasteiger partial charge in [-0.15, -0.1) is 0 Å². The maximum absolute atomic E-state index is 12.0. The van der Waals surface area contributed by atoms with Gasteiger partial charge < -0.3 is 14.9 Å². The summed E-state index contributed by atoms with van der Waals surface area (Å²) < 4.78 is 5.00. The van der Waals surface area contributed by atoms with Crippen LogP contribution in [0.2, 0.25) is 0 Å². The number of methoxy groups -OCH3 is 1. The number of Topliss-reactive ketones (excluding diaryl/α,β-unsaturated/α-hetero) is 1. The first-order chi connectivity index (χ1) is 11.6. The predicted octanol–water partition coefficient (Wildman–Crippen LogP) is 4.02. The Labute approximate surface area is 142 Å². The second-order valence-corrected chi connectivity index (χ2v) is 5.92. The highest BCUT2D eigenvalue weighted by molar-refractivity contribution is 5.78. The third kappa shape index (κ3) is 5.61. The predicted molar refractivity (Wildman–Crippen MR) is 93.6 cm³/mol. The Morgan fingerprint density at radius 2 is 1.75 bits per heavy atom. The molecule has 0 fully saturated rings. The second-order valence-electron chi connectivity index (χ2n) is 5.92. The number of aryl methyl sites for hydroxylation is 2. The van der Waals surface area contributed by atoms with Crippen molar-refractivity contribution in [3.8, 4) is 17.2 Å². The fourth-order valence-electron chi connectivity index (χ4n) is 2.66. The minimum Gasteiger partial charge on any atom is -0.508 e. The van der Waals surface area contributed by atoms with Crippen LogP contribution in [0.15, 0.2) is 42.5 Å². The molecule has 0 spiro atoms. The van der Waals surface area contributed by atoms with E-state index in [0.29, 0.717) is 25.0 Å². The standard InChI is InChI=1S/C20H24O4/c1-24-20-12-10-16(14-19(20)23)9-11-17(21)7-3-2-5-15-6-4-8-18(22)13-15/h4,6,8,10,12-14,22-23H,2-3,5,7,9,11H2,1H3. The Hall–Kier alpha value is -2.49. The molecule has 4 nitrogen and oxygen atoms in total. The zero-order chi connectivity index (χ0) is 17.4. The number of phenolic OH excluding ortho intramolecular Hbond substituents is 2. The Morgan fingerprint density at radius 1 is 0.958 bits per heavy atom. The first-order valence-electron chi connectivity index (χ1n) is 8.24. The fraction of sp³-hybridized carbons (Fsp3) is 0.350. The summed E-state index contributed by atoms with van der Waals surface area (Å²) in [5.41, 5.74) is 2.03. The van der Waals surface area contributed by atoms with E-state index in [-0.39, 0.29) is 17.3 Å². The van der Waals surface area contributed by atoms with Crippen LogP contribution >= 0.6 is 0 Å². The molecule has 0 heterocycles. The number of carbonyl (C=O) groups is 1. The Kier molecular flexibility index (Phi) is 6.67. The SMILES string of the molecule is COc1ccc(CCC(=O)CCCCc2cccc(O)c2)cc1O. The maximum atomic E-state index is 12.0. The average molecular weight is 328 g/mol. The summed E-state index contributed by atoms with van der Waals surface area (Å²) in [6, 6.07) is 12.5. The highest BCUT2D eigenvalue weighted by atomic mass is 16.5. The number of carbonyl (C=O) groups excluding carboxylic acids is 1. The van der Waals surface area contributed by atoms with Crippen molar-refractivity contribution >= 4 is 5.78 Å². The molecule has 0 bridgehead atoms. The first-order valence-corrected chi connectivity index (χ1v) is 8.24. The van der Waals surface area contributed by atoms with Gasteiger partial charge in [0.25, 0.3) is 0 Å². The van der Waals surface area contributed by atoms with E-state index in [0.717, 1.165) is 30.4 Å². The topological polar surface area (TPSA) is 66.8 Å². The zero-order valence-electron chi connectivity index (χ0n) is 14.0. The Bertz CT molecular complexity index is 679. The molecule has 4 heteroatoms. The van der Waals surface area contributed by atoms with E-state index in [9.17, 15) is 15.0 Å². The van der Waals surface area contributed by atoms with E-state index < -0.39 is 0 Å². The van der Waals surface area contributed by atoms with Gasteiger partial charge in [0.05, 0.1) is 7.11 Å². The lowest BCUT2D eigenvalue weighted by Gasteiger charge is -2.06. The number of benzene rings is 2. The van der Waals surface area contributed by atoms with Gasteiger partial charge in [0, 0.05) is 12.8 Å². The summed E-state index contributed by atoms with van der Waals surface area (Å²) in [6.45, 7) is 0. The van der Waals surface area contributed by atoms with Crippen molar-refractivity contribution in [3.63, 3.8) is 0 Å². The number of ether oxygens (including phenoxy) is 1. The number of hydrogen-bond acceptors (Lipinski definition) is 4. The molecule has 0 aliphatic rings. The molecule has 24 heavy (non-hydrogen) atoms. The lowest BCUT2D eigenvalue weighted by Crippen LogP contribution is -2.01. The molecule has 0 aliphatic carbocycles. The minimum absolute atomic E-state index is 0.105. The number of unbranched alkanes of at least 4 members (excludes halogenated alkanes) is 1. The first kappa shape index (κ1) is 17.9. The van der Waals surface area contributed by atoms with Gasteiger partial charge in [-0.3, -0.25) is 4.79 Å². The molecule has 2 rings (SSSR count). The second kappa shape index (κ2) is 8.96. The zero-order valence-corrected chi connectivity index (χ0v) is 14.0. The van der Waals surface area contributed by atoms with Gasteiger partial charge in [-0.1, -0.05) is 18.2 Å². The third-order valence-electron chi connectivity index (χ3n) is 4.02. The van der Waals surface area contributed by atoms with Gasteiger partial charge in [0.15, 0.2) is 11.5 Å². The van der Waals surface area contributed by atoms with Crippen molar-refractivity contribution in [1.82, 2.24) is 0 Å². The molecule has 2 N–H and O–H groups in total. The van der Waals surface area contributed by atoms with Crippen molar-refractivity contribution in [2.75, 3.05) is 7.11 Å². The van der Waals surface area contributed by atoms with Gasteiger partial charge in [-0.25, -0.2) is 0 Å². The van der Waals surface area contributed by atoms with E-state index in [2.05, 4.69) is 0 Å². The molecule has 0 aromatic heterocycles. The number of phenols is 2. The molecule has 0 atom stereocenters. The van der Waals surface area contributed by atoms with Crippen molar-refractivity contribution in [3.05, 3.63) is 53.6 Å². The number of hydrogen-bond donors (Lipinski definition) is 2. The summed E-state index contributed by atoms with van der Waals surface area (Å²) in [4.78, 5) is 12.0. The smallest absolute Gasteiger partial charge is 0.160 e. The van der Waals surface area contributed by atoms with E-state index in [1.807, 2.05) is 18.2 Å². The van der Waals surface area contributed by atoms with Crippen LogP contribution in [0.1, 0.15) is 36.8 Å². The van der Waals surface area contributed by atoms with E-state index in [4.69, 9.17) is 4.74 Å². The van der Waals surface area contributed by atoms with Crippen molar-refractivity contribution < 1.29 is 19.7 Å². The van der Waals surface area contributed by atoms with Crippen LogP contribution in [0.4, 0.5) is 0 Å². The molecule has 2 aromatic carbocycles. The van der Waals surface area contributed by atoms with Gasteiger partial charge in [0.2, 0.25) is 0 Å². The fourth-order valence-corrected chi connectivity index (χ4v) is 2.66. The van der Waals surface area contributed by atoms with Gasteiger partial charge in [-0.2, -0.15) is 0 Å². The number of aromatic hydroxyl groups is 2. The van der Waals surface area contributed by atoms with Gasteiger partial charge in [-0.05, 0) is 61.1 Å². The molecule has 0 amide bonds. The normalized spacial score (nSPS) is 10.5. The Balaban J connectivity index is 1.67. The summed E-state index contributed by atoms with van der Waals surface area (Å²) in [5.74, 6) is 1.07. The molecule has 0 unspecified atom stereocenters. The summed E-state index contributed by atoms with van der Waals surface area (Å²) in [5, 5.41) is 19.1.